The number of hydrogen-bond donors (Lipinski definition) is 1. The number of rotatable bonds is 5. The van der Waals surface area contributed by atoms with Crippen LogP contribution >= 0.6 is 23.2 Å². The third-order valence-corrected chi connectivity index (χ3v) is 5.00. The number of nitrogens with zero attached hydrogens (tertiary/aromatic N) is 3. The predicted molar refractivity (Wildman–Crippen MR) is 93.4 cm³/mol. The third kappa shape index (κ3) is 3.30. The molecule has 1 aromatic carbocycles. The molecule has 0 saturated heterocycles. The first-order valence-electron chi connectivity index (χ1n) is 6.81. The van der Waals surface area contributed by atoms with Crippen molar-refractivity contribution in [1.29, 1.82) is 0 Å². The highest BCUT2D eigenvalue weighted by Gasteiger charge is 2.24. The molecular weight excluding hydrogens is 391 g/mol. The maximum Gasteiger partial charge on any atom is 0.299 e. The van der Waals surface area contributed by atoms with E-state index in [1.807, 2.05) is 0 Å². The SMILES string of the molecule is COc1cc(OC)n2nc(S(=O)(=O)Nc3c(Cl)cccc3Cl)nc2c1. The second-order valence-electron chi connectivity index (χ2n) is 4.80. The van der Waals surface area contributed by atoms with Crippen LogP contribution in [0.3, 0.4) is 0 Å². The van der Waals surface area contributed by atoms with Crippen LogP contribution in [0.2, 0.25) is 10.0 Å². The van der Waals surface area contributed by atoms with Gasteiger partial charge < -0.3 is 9.47 Å². The van der Waals surface area contributed by atoms with Gasteiger partial charge >= 0.3 is 0 Å². The topological polar surface area (TPSA) is 94.8 Å². The summed E-state index contributed by atoms with van der Waals surface area (Å²) in [5.41, 5.74) is 0.288. The molecule has 0 fully saturated rings. The van der Waals surface area contributed by atoms with Gasteiger partial charge in [0.2, 0.25) is 5.88 Å². The summed E-state index contributed by atoms with van der Waals surface area (Å²) < 4.78 is 39.0. The summed E-state index contributed by atoms with van der Waals surface area (Å²) in [4.78, 5) is 4.01. The number of fused-ring (bicyclic) bond motifs is 1. The van der Waals surface area contributed by atoms with Crippen LogP contribution in [-0.2, 0) is 10.0 Å². The lowest BCUT2D eigenvalue weighted by Gasteiger charge is -2.08. The summed E-state index contributed by atoms with van der Waals surface area (Å²) in [5, 5.41) is 3.82. The van der Waals surface area contributed by atoms with E-state index in [1.165, 1.54) is 36.9 Å². The molecule has 8 nitrogen and oxygen atoms in total. The number of para-hydroxylation sites is 1. The Morgan fingerprint density at radius 3 is 2.40 bits per heavy atom. The van der Waals surface area contributed by atoms with Gasteiger partial charge in [0.05, 0.1) is 30.0 Å². The first-order chi connectivity index (χ1) is 11.9. The van der Waals surface area contributed by atoms with E-state index in [1.54, 1.807) is 12.1 Å². The first-order valence-corrected chi connectivity index (χ1v) is 9.05. The van der Waals surface area contributed by atoms with E-state index >= 15 is 0 Å². The van der Waals surface area contributed by atoms with Gasteiger partial charge in [0.1, 0.15) is 5.75 Å². The zero-order chi connectivity index (χ0) is 18.2. The van der Waals surface area contributed by atoms with Gasteiger partial charge in [-0.05, 0) is 12.1 Å². The molecule has 0 aliphatic rings. The summed E-state index contributed by atoms with van der Waals surface area (Å²) in [6, 6.07) is 7.70. The van der Waals surface area contributed by atoms with E-state index in [2.05, 4.69) is 14.8 Å². The number of benzene rings is 1. The minimum atomic E-state index is -4.12. The lowest BCUT2D eigenvalue weighted by Crippen LogP contribution is -2.15. The lowest BCUT2D eigenvalue weighted by molar-refractivity contribution is 0.372. The zero-order valence-corrected chi connectivity index (χ0v) is 15.4. The van der Waals surface area contributed by atoms with Crippen LogP contribution in [0, 0.1) is 0 Å². The maximum atomic E-state index is 12.6. The largest absolute Gasteiger partial charge is 0.496 e. The molecule has 132 valence electrons. The van der Waals surface area contributed by atoms with Crippen molar-refractivity contribution in [3.8, 4) is 11.6 Å². The molecule has 2 heterocycles. The molecule has 11 heteroatoms. The molecule has 0 aliphatic heterocycles. The second-order valence-corrected chi connectivity index (χ2v) is 7.19. The number of pyridine rings is 1. The number of halogens is 2. The standard InChI is InChI=1S/C14H12Cl2N4O4S/c1-23-8-6-11-17-14(18-20(11)12(7-8)24-2)25(21,22)19-13-9(15)4-3-5-10(13)16/h3-7,19H,1-2H3. The van der Waals surface area contributed by atoms with E-state index in [-0.39, 0.29) is 27.3 Å². The van der Waals surface area contributed by atoms with Crippen molar-refractivity contribution in [1.82, 2.24) is 14.6 Å². The molecule has 0 saturated carbocycles. The summed E-state index contributed by atoms with van der Waals surface area (Å²) in [5.74, 6) is 0.710. The fourth-order valence-electron chi connectivity index (χ4n) is 2.06. The average Bonchev–Trinajstić information content (AvgIpc) is 3.02. The number of aromatic nitrogens is 3. The number of anilines is 1. The Bertz CT molecular complexity index is 1030. The van der Waals surface area contributed by atoms with Crippen LogP contribution in [-0.4, -0.2) is 37.2 Å². The first kappa shape index (κ1) is 17.6. The maximum absolute atomic E-state index is 12.6. The molecule has 3 aromatic rings. The van der Waals surface area contributed by atoms with Gasteiger partial charge in [0.25, 0.3) is 15.2 Å². The Balaban J connectivity index is 2.09. The van der Waals surface area contributed by atoms with Crippen molar-refractivity contribution in [3.63, 3.8) is 0 Å². The van der Waals surface area contributed by atoms with E-state index < -0.39 is 15.2 Å². The van der Waals surface area contributed by atoms with Gasteiger partial charge in [-0.15, -0.1) is 5.10 Å². The van der Waals surface area contributed by atoms with Crippen LogP contribution < -0.4 is 14.2 Å². The van der Waals surface area contributed by atoms with Crippen LogP contribution in [0.4, 0.5) is 5.69 Å². The lowest BCUT2D eigenvalue weighted by atomic mass is 10.3. The highest BCUT2D eigenvalue weighted by molar-refractivity contribution is 7.92. The molecule has 0 aliphatic carbocycles. The molecule has 1 N–H and O–H groups in total. The minimum absolute atomic E-state index is 0.0502. The summed E-state index contributed by atoms with van der Waals surface area (Å²) in [6.07, 6.45) is 0. The highest BCUT2D eigenvalue weighted by Crippen LogP contribution is 2.31. The second kappa shape index (κ2) is 6.58. The molecule has 0 amide bonds. The Kier molecular flexibility index (Phi) is 4.63. The Labute approximate surface area is 153 Å². The van der Waals surface area contributed by atoms with Gasteiger partial charge in [-0.3, -0.25) is 4.72 Å². The van der Waals surface area contributed by atoms with Crippen molar-refractivity contribution in [2.24, 2.45) is 0 Å². The molecule has 0 unspecified atom stereocenters. The van der Waals surface area contributed by atoms with E-state index in [0.29, 0.717) is 5.75 Å². The third-order valence-electron chi connectivity index (χ3n) is 3.24. The van der Waals surface area contributed by atoms with Crippen molar-refractivity contribution < 1.29 is 17.9 Å². The summed E-state index contributed by atoms with van der Waals surface area (Å²) >= 11 is 12.0. The summed E-state index contributed by atoms with van der Waals surface area (Å²) in [7, 11) is -1.23. The van der Waals surface area contributed by atoms with E-state index in [9.17, 15) is 8.42 Å². The normalized spacial score (nSPS) is 11.5. The monoisotopic (exact) mass is 402 g/mol. The Morgan fingerprint density at radius 1 is 1.12 bits per heavy atom. The molecule has 3 rings (SSSR count). The Morgan fingerprint density at radius 2 is 1.80 bits per heavy atom. The van der Waals surface area contributed by atoms with Gasteiger partial charge in [-0.1, -0.05) is 29.3 Å². The van der Waals surface area contributed by atoms with Crippen LogP contribution in [0.5, 0.6) is 11.6 Å². The number of sulfonamides is 1. The van der Waals surface area contributed by atoms with Gasteiger partial charge in [0.15, 0.2) is 5.65 Å². The molecule has 0 bridgehead atoms. The number of ether oxygens (including phenoxy) is 2. The molecule has 0 spiro atoms. The van der Waals surface area contributed by atoms with Crippen molar-refractivity contribution >= 4 is 44.6 Å². The van der Waals surface area contributed by atoms with Crippen LogP contribution in [0.1, 0.15) is 0 Å². The van der Waals surface area contributed by atoms with E-state index in [4.69, 9.17) is 32.7 Å². The van der Waals surface area contributed by atoms with E-state index in [0.717, 1.165) is 0 Å². The van der Waals surface area contributed by atoms with Crippen molar-refractivity contribution in [2.45, 2.75) is 5.16 Å². The highest BCUT2D eigenvalue weighted by atomic mass is 35.5. The van der Waals surface area contributed by atoms with Crippen molar-refractivity contribution in [3.05, 3.63) is 40.4 Å². The summed E-state index contributed by atoms with van der Waals surface area (Å²) in [6.45, 7) is 0. The Hall–Kier alpha value is -2.23. The van der Waals surface area contributed by atoms with Crippen molar-refractivity contribution in [2.75, 3.05) is 18.9 Å². The van der Waals surface area contributed by atoms with Gasteiger partial charge in [-0.2, -0.15) is 17.9 Å². The smallest absolute Gasteiger partial charge is 0.299 e. The average molecular weight is 403 g/mol. The number of nitrogens with one attached hydrogen (secondary N) is 1. The number of methoxy groups -OCH3 is 2. The fourth-order valence-corrected chi connectivity index (χ4v) is 3.65. The zero-order valence-electron chi connectivity index (χ0n) is 13.0. The quantitative estimate of drug-likeness (QED) is 0.704. The predicted octanol–water partition coefficient (Wildman–Crippen LogP) is 2.85. The van der Waals surface area contributed by atoms with Crippen LogP contribution in [0.25, 0.3) is 5.65 Å². The molecule has 2 aromatic heterocycles. The van der Waals surface area contributed by atoms with Gasteiger partial charge in [-0.25, -0.2) is 0 Å². The van der Waals surface area contributed by atoms with Gasteiger partial charge in [0, 0.05) is 12.1 Å². The molecule has 25 heavy (non-hydrogen) atoms. The number of hydrogen-bond acceptors (Lipinski definition) is 6. The molecular formula is C14H12Cl2N4O4S. The molecule has 0 radical (unpaired) electrons. The van der Waals surface area contributed by atoms with Crippen LogP contribution in [0.15, 0.2) is 35.5 Å². The minimum Gasteiger partial charge on any atom is -0.496 e. The fraction of sp³-hybridized carbons (Fsp3) is 0.143. The molecule has 0 atom stereocenters.